The number of likely N-dealkylation sites (tertiary alicyclic amines) is 1. The van der Waals surface area contributed by atoms with Crippen molar-refractivity contribution in [2.24, 2.45) is 0 Å². The van der Waals surface area contributed by atoms with Crippen LogP contribution in [-0.4, -0.2) is 56.6 Å². The van der Waals surface area contributed by atoms with E-state index in [9.17, 15) is 14.7 Å². The van der Waals surface area contributed by atoms with Gasteiger partial charge in [0, 0.05) is 25.2 Å². The molecule has 9 nitrogen and oxygen atoms in total. The minimum absolute atomic E-state index is 0.0670. The second-order valence-corrected chi connectivity index (χ2v) is 9.03. The Labute approximate surface area is 196 Å². The van der Waals surface area contributed by atoms with Gasteiger partial charge in [0.25, 0.3) is 0 Å². The largest absolute Gasteiger partial charge is 0.494 e. The number of aliphatic hydroxyl groups is 1. The van der Waals surface area contributed by atoms with Gasteiger partial charge in [0.15, 0.2) is 0 Å². The van der Waals surface area contributed by atoms with Crippen LogP contribution in [0.2, 0.25) is 0 Å². The summed E-state index contributed by atoms with van der Waals surface area (Å²) in [6, 6.07) is 14.8. The summed E-state index contributed by atoms with van der Waals surface area (Å²) in [6.07, 6.45) is 3.09. The van der Waals surface area contributed by atoms with Crippen molar-refractivity contribution in [2.75, 3.05) is 24.7 Å². The van der Waals surface area contributed by atoms with Crippen molar-refractivity contribution in [3.8, 4) is 5.75 Å². The maximum atomic E-state index is 14.3. The van der Waals surface area contributed by atoms with Crippen LogP contribution in [0.5, 0.6) is 5.75 Å². The predicted molar refractivity (Wildman–Crippen MR) is 122 cm³/mol. The third kappa shape index (κ3) is 3.03. The van der Waals surface area contributed by atoms with Crippen LogP contribution in [0, 0.1) is 0 Å². The number of benzene rings is 2. The fourth-order valence-electron chi connectivity index (χ4n) is 5.74. The first-order valence-electron chi connectivity index (χ1n) is 11.6. The molecule has 9 heteroatoms. The van der Waals surface area contributed by atoms with Crippen molar-refractivity contribution >= 4 is 17.5 Å². The molecule has 4 heterocycles. The highest BCUT2D eigenvalue weighted by atomic mass is 16.5. The molecule has 0 radical (unpaired) electrons. The maximum Gasteiger partial charge on any atom is 0.248 e. The fourth-order valence-corrected chi connectivity index (χ4v) is 5.74. The number of carbonyl (C=O) groups excluding carboxylic acids is 2. The zero-order valence-electron chi connectivity index (χ0n) is 18.6. The topological polar surface area (TPSA) is 101 Å². The van der Waals surface area contributed by atoms with E-state index in [1.165, 1.54) is 0 Å². The number of para-hydroxylation sites is 1. The van der Waals surface area contributed by atoms with Gasteiger partial charge in [-0.3, -0.25) is 14.3 Å². The number of hydrogen-bond donors (Lipinski definition) is 1. The Morgan fingerprint density at radius 2 is 2.06 bits per heavy atom. The third-order valence-electron chi connectivity index (χ3n) is 7.16. The molecule has 2 aromatic carbocycles. The van der Waals surface area contributed by atoms with Crippen molar-refractivity contribution in [1.82, 2.24) is 19.9 Å². The maximum absolute atomic E-state index is 14.3. The minimum Gasteiger partial charge on any atom is -0.494 e. The Morgan fingerprint density at radius 3 is 2.94 bits per heavy atom. The first kappa shape index (κ1) is 20.9. The lowest BCUT2D eigenvalue weighted by molar-refractivity contribution is -0.136. The predicted octanol–water partition coefficient (Wildman–Crippen LogP) is 1.81. The highest BCUT2D eigenvalue weighted by Crippen LogP contribution is 2.57. The van der Waals surface area contributed by atoms with E-state index in [1.807, 2.05) is 54.7 Å². The Hall–Kier alpha value is -3.72. The van der Waals surface area contributed by atoms with Gasteiger partial charge >= 0.3 is 0 Å². The van der Waals surface area contributed by atoms with Gasteiger partial charge in [-0.1, -0.05) is 35.5 Å². The van der Waals surface area contributed by atoms with Crippen molar-refractivity contribution in [3.05, 3.63) is 71.5 Å². The quantitative estimate of drug-likeness (QED) is 0.596. The molecule has 34 heavy (non-hydrogen) atoms. The third-order valence-corrected chi connectivity index (χ3v) is 7.16. The number of anilines is 1. The van der Waals surface area contributed by atoms with E-state index >= 15 is 0 Å². The molecule has 174 valence electrons. The molecule has 1 N–H and O–H groups in total. The molecule has 3 aromatic rings. The van der Waals surface area contributed by atoms with Crippen LogP contribution < -0.4 is 9.64 Å². The number of aryl methyl sites for hydroxylation is 1. The molecule has 0 unspecified atom stereocenters. The highest BCUT2D eigenvalue weighted by Gasteiger charge is 2.61. The molecule has 3 aliphatic rings. The fraction of sp³-hybridized carbons (Fsp3) is 0.360. The summed E-state index contributed by atoms with van der Waals surface area (Å²) in [5.74, 6) is 0.223. The van der Waals surface area contributed by atoms with E-state index < -0.39 is 24.0 Å². The molecule has 0 aliphatic carbocycles. The summed E-state index contributed by atoms with van der Waals surface area (Å²) in [5, 5.41) is 18.2. The van der Waals surface area contributed by atoms with Crippen molar-refractivity contribution < 1.29 is 19.4 Å². The summed E-state index contributed by atoms with van der Waals surface area (Å²) in [6.45, 7) is 1.23. The molecule has 0 saturated carbocycles. The van der Waals surface area contributed by atoms with Crippen LogP contribution in [0.4, 0.5) is 5.69 Å². The molecule has 2 atom stereocenters. The van der Waals surface area contributed by atoms with Crippen molar-refractivity contribution in [2.45, 2.75) is 37.4 Å². The van der Waals surface area contributed by atoms with Gasteiger partial charge in [-0.05, 0) is 35.7 Å². The zero-order valence-corrected chi connectivity index (χ0v) is 18.6. The molecule has 1 aromatic heterocycles. The Bertz CT molecular complexity index is 1270. The van der Waals surface area contributed by atoms with E-state index in [0.29, 0.717) is 44.1 Å². The van der Waals surface area contributed by atoms with Crippen LogP contribution in [0.3, 0.4) is 0 Å². The van der Waals surface area contributed by atoms with E-state index in [1.54, 1.807) is 14.5 Å². The van der Waals surface area contributed by atoms with E-state index in [0.717, 1.165) is 23.2 Å². The summed E-state index contributed by atoms with van der Waals surface area (Å²) >= 11 is 0. The molecular weight excluding hydrogens is 434 g/mol. The Kier molecular flexibility index (Phi) is 4.88. The average Bonchev–Trinajstić information content (AvgIpc) is 3.54. The summed E-state index contributed by atoms with van der Waals surface area (Å²) in [4.78, 5) is 30.6. The molecule has 1 saturated heterocycles. The van der Waals surface area contributed by atoms with Crippen LogP contribution >= 0.6 is 0 Å². The van der Waals surface area contributed by atoms with Gasteiger partial charge in [-0.25, -0.2) is 0 Å². The number of aromatic nitrogens is 3. The lowest BCUT2D eigenvalue weighted by Gasteiger charge is -2.35. The lowest BCUT2D eigenvalue weighted by atomic mass is 9.72. The molecule has 6 rings (SSSR count). The van der Waals surface area contributed by atoms with Gasteiger partial charge in [-0.2, -0.15) is 0 Å². The summed E-state index contributed by atoms with van der Waals surface area (Å²) < 4.78 is 7.78. The number of nitrogens with zero attached hydrogens (tertiary/aromatic N) is 5. The highest BCUT2D eigenvalue weighted by molar-refractivity contribution is 6.09. The minimum atomic E-state index is -0.962. The SMILES string of the molecule is O=C(CO)N1CC[C@]23C(=O)N(Cc4cn(nn4)CCCOc4cccc(c4)[C@H]12)c1ccccc13. The van der Waals surface area contributed by atoms with E-state index in [-0.39, 0.29) is 5.91 Å². The summed E-state index contributed by atoms with van der Waals surface area (Å²) in [7, 11) is 0. The monoisotopic (exact) mass is 459 g/mol. The van der Waals surface area contributed by atoms with Crippen LogP contribution in [-0.2, 0) is 28.1 Å². The second-order valence-electron chi connectivity index (χ2n) is 9.03. The molecular formula is C25H25N5O4. The van der Waals surface area contributed by atoms with Gasteiger partial charge in [0.05, 0.1) is 25.4 Å². The normalized spacial score (nSPS) is 23.6. The number of rotatable bonds is 1. The van der Waals surface area contributed by atoms with Crippen LogP contribution in [0.1, 0.15) is 35.7 Å². The number of amides is 2. The van der Waals surface area contributed by atoms with Gasteiger partial charge in [0.2, 0.25) is 11.8 Å². The van der Waals surface area contributed by atoms with Gasteiger partial charge in [-0.15, -0.1) is 5.10 Å². The molecule has 2 amide bonds. The first-order chi connectivity index (χ1) is 16.6. The van der Waals surface area contributed by atoms with Gasteiger partial charge in [0.1, 0.15) is 23.5 Å². The molecule has 1 spiro atoms. The number of aliphatic hydroxyl groups excluding tert-OH is 1. The Balaban J connectivity index is 1.57. The van der Waals surface area contributed by atoms with Crippen molar-refractivity contribution in [3.63, 3.8) is 0 Å². The summed E-state index contributed by atoms with van der Waals surface area (Å²) in [5.41, 5.74) is 2.28. The number of carbonyl (C=O) groups is 2. The molecule has 6 bridgehead atoms. The van der Waals surface area contributed by atoms with Crippen molar-refractivity contribution in [1.29, 1.82) is 0 Å². The number of fused-ring (bicyclic) bond motifs is 8. The lowest BCUT2D eigenvalue weighted by Crippen LogP contribution is -2.46. The standard InChI is InChI=1S/C25H25N5O4/c31-16-22(32)29-11-9-25-20-7-1-2-8-21(20)30(24(25)33)15-18-14-28(27-26-18)10-4-12-34-19-6-3-5-17(13-19)23(25)29/h1-3,5-8,13-14,23,31H,4,9-12,15-16H2/t23-,25+/m0/s1. The van der Waals surface area contributed by atoms with Gasteiger partial charge < -0.3 is 19.6 Å². The number of ether oxygens (including phenoxy) is 1. The van der Waals surface area contributed by atoms with E-state index in [2.05, 4.69) is 10.3 Å². The number of hydrogen-bond acceptors (Lipinski definition) is 6. The van der Waals surface area contributed by atoms with Crippen LogP contribution in [0.15, 0.2) is 54.7 Å². The van der Waals surface area contributed by atoms with E-state index in [4.69, 9.17) is 4.74 Å². The smallest absolute Gasteiger partial charge is 0.248 e. The molecule has 1 fully saturated rings. The molecule has 3 aliphatic heterocycles. The van der Waals surface area contributed by atoms with Crippen LogP contribution in [0.25, 0.3) is 0 Å². The zero-order chi connectivity index (χ0) is 23.3. The first-order valence-corrected chi connectivity index (χ1v) is 11.6. The average molecular weight is 460 g/mol. The Morgan fingerprint density at radius 1 is 1.18 bits per heavy atom. The second kappa shape index (κ2) is 7.95.